The molecular weight excluding hydrogens is 441 g/mol. The quantitative estimate of drug-likeness (QED) is 0.682. The number of nitrogens with two attached hydrogens (primary N) is 1. The van der Waals surface area contributed by atoms with Crippen LogP contribution in [0.1, 0.15) is 40.7 Å². The minimum absolute atomic E-state index is 0.0565. The summed E-state index contributed by atoms with van der Waals surface area (Å²) in [5, 5.41) is 11.8. The predicted molar refractivity (Wildman–Crippen MR) is 107 cm³/mol. The van der Waals surface area contributed by atoms with Gasteiger partial charge in [-0.05, 0) is 43.4 Å². The predicted octanol–water partition coefficient (Wildman–Crippen LogP) is 3.16. The highest BCUT2D eigenvalue weighted by Crippen LogP contribution is 2.55. The number of ether oxygens (including phenoxy) is 2. The van der Waals surface area contributed by atoms with Gasteiger partial charge in [-0.25, -0.2) is 4.98 Å². The number of nitrogens with zero attached hydrogens (tertiary/aromatic N) is 2. The molecular formula is C22H19F3N4O4. The summed E-state index contributed by atoms with van der Waals surface area (Å²) in [7, 11) is 1.33. The number of alkyl halides is 3. The summed E-state index contributed by atoms with van der Waals surface area (Å²) in [6.45, 7) is 0. The second-order valence-corrected chi connectivity index (χ2v) is 8.27. The minimum atomic E-state index is -4.73. The number of carbonyl (C=O) groups excluding carboxylic acids is 2. The molecule has 1 unspecified atom stereocenters. The normalized spacial score (nSPS) is 23.2. The monoisotopic (exact) mass is 460 g/mol. The molecule has 0 spiro atoms. The van der Waals surface area contributed by atoms with Crippen LogP contribution in [0.25, 0.3) is 0 Å². The average molecular weight is 460 g/mol. The summed E-state index contributed by atoms with van der Waals surface area (Å²) in [6, 6.07) is 6.80. The van der Waals surface area contributed by atoms with Crippen LogP contribution in [0.15, 0.2) is 30.5 Å². The molecule has 8 nitrogen and oxygen atoms in total. The Kier molecular flexibility index (Phi) is 5.40. The molecule has 5 rings (SSSR count). The number of hydrogen-bond donors (Lipinski definition) is 2. The molecule has 3 fully saturated rings. The fourth-order valence-corrected chi connectivity index (χ4v) is 4.55. The number of amides is 2. The van der Waals surface area contributed by atoms with E-state index in [1.165, 1.54) is 25.3 Å². The maximum Gasteiger partial charge on any atom is 0.417 e. The van der Waals surface area contributed by atoms with E-state index in [2.05, 4.69) is 10.3 Å². The Labute approximate surface area is 186 Å². The molecule has 3 aliphatic carbocycles. The number of methoxy groups -OCH3 is 1. The smallest absolute Gasteiger partial charge is 0.417 e. The van der Waals surface area contributed by atoms with Gasteiger partial charge in [-0.2, -0.15) is 18.4 Å². The van der Waals surface area contributed by atoms with Gasteiger partial charge in [0.2, 0.25) is 11.8 Å². The molecule has 2 amide bonds. The molecule has 3 aliphatic rings. The van der Waals surface area contributed by atoms with Crippen LogP contribution in [0.4, 0.5) is 13.2 Å². The van der Waals surface area contributed by atoms with Crippen LogP contribution < -0.4 is 20.5 Å². The number of aromatic nitrogens is 1. The van der Waals surface area contributed by atoms with Gasteiger partial charge in [0.15, 0.2) is 11.5 Å². The summed E-state index contributed by atoms with van der Waals surface area (Å²) in [4.78, 5) is 28.4. The second-order valence-electron chi connectivity index (χ2n) is 8.27. The maximum absolute atomic E-state index is 13.3. The van der Waals surface area contributed by atoms with Crippen molar-refractivity contribution in [1.29, 1.82) is 5.26 Å². The highest BCUT2D eigenvalue weighted by atomic mass is 19.4. The van der Waals surface area contributed by atoms with Gasteiger partial charge in [-0.3, -0.25) is 9.59 Å². The van der Waals surface area contributed by atoms with E-state index >= 15 is 0 Å². The molecule has 33 heavy (non-hydrogen) atoms. The fourth-order valence-electron chi connectivity index (χ4n) is 4.55. The van der Waals surface area contributed by atoms with Crippen molar-refractivity contribution in [1.82, 2.24) is 10.3 Å². The van der Waals surface area contributed by atoms with Crippen molar-refractivity contribution in [2.45, 2.75) is 31.0 Å². The lowest BCUT2D eigenvalue weighted by atomic mass is 9.76. The Morgan fingerprint density at radius 3 is 2.55 bits per heavy atom. The maximum atomic E-state index is 13.3. The SMILES string of the molecule is COc1cc(C#N)ccc1Oc1ncc(C(F)(F)F)cc1C(=O)NC12CC(C1)C(C(N)=O)C2. The van der Waals surface area contributed by atoms with Gasteiger partial charge in [-0.1, -0.05) is 0 Å². The molecule has 1 aromatic heterocycles. The van der Waals surface area contributed by atoms with Crippen molar-refractivity contribution < 1.29 is 32.2 Å². The van der Waals surface area contributed by atoms with Gasteiger partial charge >= 0.3 is 6.18 Å². The number of primary amides is 1. The van der Waals surface area contributed by atoms with E-state index in [0.29, 0.717) is 31.5 Å². The molecule has 0 saturated heterocycles. The zero-order valence-corrected chi connectivity index (χ0v) is 17.4. The summed E-state index contributed by atoms with van der Waals surface area (Å²) in [5.74, 6) is -1.73. The van der Waals surface area contributed by atoms with Gasteiger partial charge in [-0.15, -0.1) is 0 Å². The summed E-state index contributed by atoms with van der Waals surface area (Å²) >= 11 is 0. The number of fused-ring (bicyclic) bond motifs is 1. The van der Waals surface area contributed by atoms with Crippen molar-refractivity contribution >= 4 is 11.8 Å². The molecule has 2 bridgehead atoms. The molecule has 1 heterocycles. The van der Waals surface area contributed by atoms with Crippen molar-refractivity contribution in [3.63, 3.8) is 0 Å². The zero-order chi connectivity index (χ0) is 24.0. The number of halogens is 3. The Bertz CT molecular complexity index is 1170. The standard InChI is InChI=1S/C22H19F3N4O4/c1-32-17-4-11(9-26)2-3-16(17)33-20-14(5-13(10-28-20)22(23,24)25)19(31)29-21-6-12(7-21)15(8-21)18(27)30/h2-5,10,12,15H,6-8H2,1H3,(H2,27,30)(H,29,31). The first-order chi connectivity index (χ1) is 15.5. The largest absolute Gasteiger partial charge is 0.493 e. The van der Waals surface area contributed by atoms with Crippen LogP contribution in [-0.2, 0) is 11.0 Å². The van der Waals surface area contributed by atoms with Crippen LogP contribution >= 0.6 is 0 Å². The summed E-state index contributed by atoms with van der Waals surface area (Å²) in [6.07, 6.45) is -2.77. The highest BCUT2D eigenvalue weighted by molar-refractivity contribution is 5.97. The molecule has 1 atom stereocenters. The van der Waals surface area contributed by atoms with E-state index in [1.54, 1.807) is 0 Å². The lowest BCUT2D eigenvalue weighted by Crippen LogP contribution is -2.51. The van der Waals surface area contributed by atoms with Crippen molar-refractivity contribution in [2.24, 2.45) is 17.6 Å². The topological polar surface area (TPSA) is 127 Å². The number of nitrogens with one attached hydrogen (secondary N) is 1. The van der Waals surface area contributed by atoms with Crippen molar-refractivity contribution in [2.75, 3.05) is 7.11 Å². The van der Waals surface area contributed by atoms with Gasteiger partial charge < -0.3 is 20.5 Å². The first-order valence-electron chi connectivity index (χ1n) is 10.0. The molecule has 2 aromatic rings. The van der Waals surface area contributed by atoms with Gasteiger partial charge in [0, 0.05) is 23.7 Å². The number of rotatable bonds is 6. The number of carbonyl (C=O) groups is 2. The second kappa shape index (κ2) is 7.95. The third-order valence-electron chi connectivity index (χ3n) is 6.15. The molecule has 0 radical (unpaired) electrons. The van der Waals surface area contributed by atoms with Crippen molar-refractivity contribution in [3.8, 4) is 23.4 Å². The third kappa shape index (κ3) is 4.16. The van der Waals surface area contributed by atoms with Gasteiger partial charge in [0.25, 0.3) is 5.91 Å². The molecule has 3 N–H and O–H groups in total. The Morgan fingerprint density at radius 1 is 1.24 bits per heavy atom. The van der Waals surface area contributed by atoms with Gasteiger partial charge in [0.1, 0.15) is 5.56 Å². The number of pyridine rings is 1. The van der Waals surface area contributed by atoms with E-state index < -0.39 is 34.7 Å². The molecule has 0 aliphatic heterocycles. The summed E-state index contributed by atoms with van der Waals surface area (Å²) in [5.41, 5.74) is 3.45. The summed E-state index contributed by atoms with van der Waals surface area (Å²) < 4.78 is 50.7. The van der Waals surface area contributed by atoms with E-state index in [0.717, 1.165) is 0 Å². The van der Waals surface area contributed by atoms with Crippen LogP contribution in [0.5, 0.6) is 17.4 Å². The number of nitriles is 1. The van der Waals surface area contributed by atoms with E-state index in [9.17, 15) is 22.8 Å². The average Bonchev–Trinajstić information content (AvgIpc) is 3.29. The third-order valence-corrected chi connectivity index (χ3v) is 6.15. The lowest BCUT2D eigenvalue weighted by molar-refractivity contribution is -0.137. The van der Waals surface area contributed by atoms with Crippen LogP contribution in [0.3, 0.4) is 0 Å². The molecule has 172 valence electrons. The van der Waals surface area contributed by atoms with Crippen LogP contribution in [-0.4, -0.2) is 29.4 Å². The van der Waals surface area contributed by atoms with Crippen LogP contribution in [0, 0.1) is 23.2 Å². The van der Waals surface area contributed by atoms with Gasteiger partial charge in [0.05, 0.1) is 24.3 Å². The minimum Gasteiger partial charge on any atom is -0.493 e. The first kappa shape index (κ1) is 22.4. The van der Waals surface area contributed by atoms with E-state index in [1.807, 2.05) is 6.07 Å². The lowest BCUT2D eigenvalue weighted by Gasteiger charge is -2.39. The Hall–Kier alpha value is -3.81. The highest BCUT2D eigenvalue weighted by Gasteiger charge is 2.58. The van der Waals surface area contributed by atoms with E-state index in [-0.39, 0.29) is 34.8 Å². The van der Waals surface area contributed by atoms with Crippen molar-refractivity contribution in [3.05, 3.63) is 47.2 Å². The number of hydrogen-bond acceptors (Lipinski definition) is 6. The van der Waals surface area contributed by atoms with E-state index in [4.69, 9.17) is 20.5 Å². The Morgan fingerprint density at radius 2 is 1.97 bits per heavy atom. The number of benzene rings is 1. The molecule has 1 aromatic carbocycles. The Balaban J connectivity index is 1.66. The fraction of sp³-hybridized carbons (Fsp3) is 0.364. The van der Waals surface area contributed by atoms with Crippen LogP contribution in [0.2, 0.25) is 0 Å². The first-order valence-corrected chi connectivity index (χ1v) is 10.0. The molecule has 11 heteroatoms. The molecule has 3 saturated carbocycles. The zero-order valence-electron chi connectivity index (χ0n) is 17.4.